The summed E-state index contributed by atoms with van der Waals surface area (Å²) in [5.74, 6) is -0.395. The van der Waals surface area contributed by atoms with Gasteiger partial charge in [0.2, 0.25) is 15.9 Å². The van der Waals surface area contributed by atoms with E-state index in [1.807, 2.05) is 43.3 Å². The maximum Gasteiger partial charge on any atom is 0.241 e. The standard InChI is InChI=1S/C22H23N3O3S/c1-17-9-11-20(12-10-17)29(27,28)25-21(14-18-6-3-2-4-7-18)22(26)24-16-19-8-5-13-23-15-19/h2-13,15,21,25H,14,16H2,1H3,(H,24,26)/t21-/m0/s1. The van der Waals surface area contributed by atoms with Crippen LogP contribution < -0.4 is 10.0 Å². The predicted octanol–water partition coefficient (Wildman–Crippen LogP) is 2.60. The molecule has 0 radical (unpaired) electrons. The van der Waals surface area contributed by atoms with Crippen molar-refractivity contribution in [2.45, 2.75) is 30.8 Å². The van der Waals surface area contributed by atoms with Gasteiger partial charge in [-0.2, -0.15) is 4.72 Å². The van der Waals surface area contributed by atoms with E-state index in [1.54, 1.807) is 30.6 Å². The second-order valence-electron chi connectivity index (χ2n) is 6.76. The van der Waals surface area contributed by atoms with Crippen LogP contribution in [0.2, 0.25) is 0 Å². The van der Waals surface area contributed by atoms with Crippen LogP contribution in [0.4, 0.5) is 0 Å². The Bertz CT molecular complexity index is 1040. The molecule has 0 unspecified atom stereocenters. The van der Waals surface area contributed by atoms with Crippen molar-refractivity contribution in [3.05, 3.63) is 95.8 Å². The first-order valence-electron chi connectivity index (χ1n) is 9.23. The van der Waals surface area contributed by atoms with E-state index in [-0.39, 0.29) is 17.9 Å². The van der Waals surface area contributed by atoms with Gasteiger partial charge in [0.05, 0.1) is 4.90 Å². The van der Waals surface area contributed by atoms with E-state index < -0.39 is 22.0 Å². The first-order chi connectivity index (χ1) is 13.9. The van der Waals surface area contributed by atoms with Gasteiger partial charge in [0.15, 0.2) is 0 Å². The molecule has 0 saturated heterocycles. The second-order valence-corrected chi connectivity index (χ2v) is 8.47. The molecule has 0 aliphatic heterocycles. The van der Waals surface area contributed by atoms with Crippen LogP contribution in [0.5, 0.6) is 0 Å². The lowest BCUT2D eigenvalue weighted by atomic mass is 10.1. The Morgan fingerprint density at radius 3 is 2.31 bits per heavy atom. The summed E-state index contributed by atoms with van der Waals surface area (Å²) in [5.41, 5.74) is 2.65. The van der Waals surface area contributed by atoms with Crippen LogP contribution in [0, 0.1) is 6.92 Å². The number of pyridine rings is 1. The van der Waals surface area contributed by atoms with Crippen LogP contribution in [-0.2, 0) is 27.8 Å². The minimum Gasteiger partial charge on any atom is -0.351 e. The summed E-state index contributed by atoms with van der Waals surface area (Å²) < 4.78 is 28.2. The zero-order chi connectivity index (χ0) is 20.7. The van der Waals surface area contributed by atoms with Crippen LogP contribution in [0.25, 0.3) is 0 Å². The van der Waals surface area contributed by atoms with Gasteiger partial charge in [-0.05, 0) is 42.7 Å². The third kappa shape index (κ3) is 5.97. The Labute approximate surface area is 171 Å². The molecule has 2 aromatic carbocycles. The van der Waals surface area contributed by atoms with Crippen LogP contribution >= 0.6 is 0 Å². The Morgan fingerprint density at radius 1 is 0.966 bits per heavy atom. The summed E-state index contributed by atoms with van der Waals surface area (Å²) >= 11 is 0. The lowest BCUT2D eigenvalue weighted by Crippen LogP contribution is -2.47. The SMILES string of the molecule is Cc1ccc(S(=O)(=O)N[C@@H](Cc2ccccc2)C(=O)NCc2cccnc2)cc1. The van der Waals surface area contributed by atoms with Crippen LogP contribution in [-0.4, -0.2) is 25.4 Å². The van der Waals surface area contributed by atoms with Crippen molar-refractivity contribution in [1.29, 1.82) is 0 Å². The minimum atomic E-state index is -3.85. The second kappa shape index (κ2) is 9.45. The highest BCUT2D eigenvalue weighted by Crippen LogP contribution is 2.12. The number of benzene rings is 2. The van der Waals surface area contributed by atoms with Gasteiger partial charge in [-0.3, -0.25) is 9.78 Å². The average Bonchev–Trinajstić information content (AvgIpc) is 2.73. The van der Waals surface area contributed by atoms with Crippen LogP contribution in [0.1, 0.15) is 16.7 Å². The molecule has 3 rings (SSSR count). The van der Waals surface area contributed by atoms with Crippen molar-refractivity contribution < 1.29 is 13.2 Å². The van der Waals surface area contributed by atoms with E-state index in [2.05, 4.69) is 15.0 Å². The van der Waals surface area contributed by atoms with Crippen LogP contribution in [0.15, 0.2) is 84.0 Å². The molecule has 1 amide bonds. The topological polar surface area (TPSA) is 88.2 Å². The number of nitrogens with one attached hydrogen (secondary N) is 2. The first-order valence-corrected chi connectivity index (χ1v) is 10.7. The fraction of sp³-hybridized carbons (Fsp3) is 0.182. The molecule has 1 atom stereocenters. The van der Waals surface area contributed by atoms with E-state index in [9.17, 15) is 13.2 Å². The Hall–Kier alpha value is -3.03. The maximum atomic E-state index is 12.8. The molecule has 0 fully saturated rings. The fourth-order valence-corrected chi connectivity index (χ4v) is 4.02. The quantitative estimate of drug-likeness (QED) is 0.599. The van der Waals surface area contributed by atoms with E-state index in [4.69, 9.17) is 0 Å². The molecule has 1 heterocycles. The molecular weight excluding hydrogens is 386 g/mol. The molecule has 6 nitrogen and oxygen atoms in total. The summed E-state index contributed by atoms with van der Waals surface area (Å²) in [5, 5.41) is 2.80. The predicted molar refractivity (Wildman–Crippen MR) is 112 cm³/mol. The van der Waals surface area contributed by atoms with E-state index >= 15 is 0 Å². The molecule has 0 bridgehead atoms. The number of amides is 1. The molecule has 150 valence electrons. The molecule has 2 N–H and O–H groups in total. The first kappa shape index (κ1) is 20.7. The fourth-order valence-electron chi connectivity index (χ4n) is 2.83. The minimum absolute atomic E-state index is 0.126. The van der Waals surface area contributed by atoms with Gasteiger partial charge in [0.25, 0.3) is 0 Å². The summed E-state index contributed by atoms with van der Waals surface area (Å²) in [6.07, 6.45) is 3.55. The number of carbonyl (C=O) groups is 1. The lowest BCUT2D eigenvalue weighted by molar-refractivity contribution is -0.122. The molecular formula is C22H23N3O3S. The highest BCUT2D eigenvalue weighted by Gasteiger charge is 2.26. The highest BCUT2D eigenvalue weighted by atomic mass is 32.2. The molecule has 1 aromatic heterocycles. The number of hydrogen-bond acceptors (Lipinski definition) is 4. The van der Waals surface area contributed by atoms with Gasteiger partial charge in [-0.25, -0.2) is 8.42 Å². The number of sulfonamides is 1. The van der Waals surface area contributed by atoms with Crippen molar-refractivity contribution >= 4 is 15.9 Å². The van der Waals surface area contributed by atoms with Crippen molar-refractivity contribution in [2.75, 3.05) is 0 Å². The van der Waals surface area contributed by atoms with Gasteiger partial charge in [0, 0.05) is 18.9 Å². The van der Waals surface area contributed by atoms with Gasteiger partial charge in [-0.1, -0.05) is 54.1 Å². The van der Waals surface area contributed by atoms with Crippen molar-refractivity contribution in [3.8, 4) is 0 Å². The summed E-state index contributed by atoms with van der Waals surface area (Å²) in [6, 6.07) is 18.5. The Kier molecular flexibility index (Phi) is 6.74. The van der Waals surface area contributed by atoms with Crippen LogP contribution in [0.3, 0.4) is 0 Å². The molecule has 0 aliphatic carbocycles. The molecule has 0 saturated carbocycles. The van der Waals surface area contributed by atoms with E-state index in [0.717, 1.165) is 16.7 Å². The highest BCUT2D eigenvalue weighted by molar-refractivity contribution is 7.89. The van der Waals surface area contributed by atoms with Gasteiger partial charge in [0.1, 0.15) is 6.04 Å². The Morgan fingerprint density at radius 2 is 1.66 bits per heavy atom. The van der Waals surface area contributed by atoms with Gasteiger partial charge >= 0.3 is 0 Å². The molecule has 29 heavy (non-hydrogen) atoms. The van der Waals surface area contributed by atoms with Gasteiger partial charge < -0.3 is 5.32 Å². The van der Waals surface area contributed by atoms with Crippen molar-refractivity contribution in [2.24, 2.45) is 0 Å². The summed E-state index contributed by atoms with van der Waals surface area (Å²) in [7, 11) is -3.85. The largest absolute Gasteiger partial charge is 0.351 e. The number of hydrogen-bond donors (Lipinski definition) is 2. The third-order valence-corrected chi connectivity index (χ3v) is 5.90. The number of aryl methyl sites for hydroxylation is 1. The zero-order valence-corrected chi connectivity index (χ0v) is 16.9. The molecule has 0 spiro atoms. The summed E-state index contributed by atoms with van der Waals surface area (Å²) in [6.45, 7) is 2.15. The number of aromatic nitrogens is 1. The molecule has 3 aromatic rings. The lowest BCUT2D eigenvalue weighted by Gasteiger charge is -2.19. The molecule has 0 aliphatic rings. The van der Waals surface area contributed by atoms with Crippen molar-refractivity contribution in [3.63, 3.8) is 0 Å². The van der Waals surface area contributed by atoms with E-state index in [1.165, 1.54) is 12.1 Å². The average molecular weight is 410 g/mol. The summed E-state index contributed by atoms with van der Waals surface area (Å²) in [4.78, 5) is 17.0. The van der Waals surface area contributed by atoms with Crippen molar-refractivity contribution in [1.82, 2.24) is 15.0 Å². The van der Waals surface area contributed by atoms with E-state index in [0.29, 0.717) is 0 Å². The number of nitrogens with zero attached hydrogens (tertiary/aromatic N) is 1. The smallest absolute Gasteiger partial charge is 0.241 e. The number of rotatable bonds is 8. The zero-order valence-electron chi connectivity index (χ0n) is 16.1. The monoisotopic (exact) mass is 409 g/mol. The third-order valence-electron chi connectivity index (χ3n) is 4.42. The molecule has 7 heteroatoms. The maximum absolute atomic E-state index is 12.8. The van der Waals surface area contributed by atoms with Gasteiger partial charge in [-0.15, -0.1) is 0 Å². The number of carbonyl (C=O) groups excluding carboxylic acids is 1. The Balaban J connectivity index is 1.78. The normalized spacial score (nSPS) is 12.3.